The van der Waals surface area contributed by atoms with Crippen molar-refractivity contribution in [2.45, 2.75) is 18.8 Å². The number of halogens is 4. The molecule has 0 radical (unpaired) electrons. The molecular weight excluding hydrogens is 285 g/mol. The zero-order valence-corrected chi connectivity index (χ0v) is 10.2. The van der Waals surface area contributed by atoms with Crippen LogP contribution in [-0.4, -0.2) is 7.11 Å². The molecule has 0 amide bonds. The van der Waals surface area contributed by atoms with Gasteiger partial charge in [0.25, 0.3) is 5.92 Å². The van der Waals surface area contributed by atoms with Crippen molar-refractivity contribution in [3.63, 3.8) is 0 Å². The fourth-order valence-electron chi connectivity index (χ4n) is 1.63. The van der Waals surface area contributed by atoms with Crippen LogP contribution in [0.15, 0.2) is 16.6 Å². The van der Waals surface area contributed by atoms with E-state index in [0.717, 1.165) is 6.07 Å². The van der Waals surface area contributed by atoms with E-state index in [2.05, 4.69) is 15.9 Å². The van der Waals surface area contributed by atoms with Crippen molar-refractivity contribution in [2.75, 3.05) is 7.11 Å². The van der Waals surface area contributed by atoms with Gasteiger partial charge in [-0.2, -0.15) is 0 Å². The highest BCUT2D eigenvalue weighted by Crippen LogP contribution is 2.50. The lowest BCUT2D eigenvalue weighted by Gasteiger charge is -2.17. The number of ether oxygens (including phenoxy) is 1. The molecular formula is C11H10BrF3O. The summed E-state index contributed by atoms with van der Waals surface area (Å²) in [6, 6.07) is 2.07. The zero-order valence-electron chi connectivity index (χ0n) is 8.57. The molecule has 0 N–H and O–H groups in total. The summed E-state index contributed by atoms with van der Waals surface area (Å²) >= 11 is 3.02. The predicted octanol–water partition coefficient (Wildman–Crippen LogP) is 4.10. The summed E-state index contributed by atoms with van der Waals surface area (Å²) in [4.78, 5) is 0. The number of hydrogen-bond donors (Lipinski definition) is 0. The third-order valence-electron chi connectivity index (χ3n) is 2.68. The van der Waals surface area contributed by atoms with Gasteiger partial charge in [-0.05, 0) is 40.9 Å². The molecule has 88 valence electrons. The van der Waals surface area contributed by atoms with E-state index in [1.807, 2.05) is 0 Å². The van der Waals surface area contributed by atoms with Gasteiger partial charge in [-0.15, -0.1) is 0 Å². The first kappa shape index (κ1) is 11.8. The van der Waals surface area contributed by atoms with E-state index in [9.17, 15) is 13.2 Å². The molecule has 0 aliphatic heterocycles. The number of benzene rings is 1. The van der Waals surface area contributed by atoms with Gasteiger partial charge in [0.15, 0.2) is 11.6 Å². The quantitative estimate of drug-likeness (QED) is 0.815. The lowest BCUT2D eigenvalue weighted by atomic mass is 10.0. The highest BCUT2D eigenvalue weighted by Gasteiger charge is 2.48. The van der Waals surface area contributed by atoms with Crippen LogP contribution in [0.1, 0.15) is 18.4 Å². The van der Waals surface area contributed by atoms with Crippen molar-refractivity contribution in [1.29, 1.82) is 0 Å². The summed E-state index contributed by atoms with van der Waals surface area (Å²) in [6.45, 7) is 0. The van der Waals surface area contributed by atoms with Crippen molar-refractivity contribution in [2.24, 2.45) is 5.92 Å². The van der Waals surface area contributed by atoms with E-state index in [0.29, 0.717) is 12.8 Å². The normalized spacial score (nSPS) is 16.3. The molecule has 5 heteroatoms. The number of hydrogen-bond acceptors (Lipinski definition) is 1. The van der Waals surface area contributed by atoms with Crippen LogP contribution in [0.3, 0.4) is 0 Å². The molecule has 1 nitrogen and oxygen atoms in total. The first-order valence-electron chi connectivity index (χ1n) is 4.88. The first-order chi connectivity index (χ1) is 7.46. The van der Waals surface area contributed by atoms with E-state index in [1.54, 1.807) is 0 Å². The summed E-state index contributed by atoms with van der Waals surface area (Å²) in [5.41, 5.74) is -0.292. The minimum Gasteiger partial charge on any atom is -0.492 e. The van der Waals surface area contributed by atoms with E-state index in [1.165, 1.54) is 13.2 Å². The second-order valence-electron chi connectivity index (χ2n) is 3.87. The Bertz CT molecular complexity index is 393. The van der Waals surface area contributed by atoms with Gasteiger partial charge in [-0.3, -0.25) is 0 Å². The lowest BCUT2D eigenvalue weighted by molar-refractivity contribution is -0.0289. The van der Waals surface area contributed by atoms with Crippen LogP contribution in [0, 0.1) is 11.7 Å². The van der Waals surface area contributed by atoms with Crippen LogP contribution < -0.4 is 4.74 Å². The molecule has 0 saturated heterocycles. The van der Waals surface area contributed by atoms with Crippen molar-refractivity contribution >= 4 is 15.9 Å². The molecule has 1 aliphatic rings. The Kier molecular flexibility index (Phi) is 2.90. The van der Waals surface area contributed by atoms with Crippen LogP contribution in [0.25, 0.3) is 0 Å². The summed E-state index contributed by atoms with van der Waals surface area (Å²) in [6.07, 6.45) is 0.997. The standard InChI is InChI=1S/C11H10BrF3O/c1-16-10-8(12)4-7(5-9(10)13)11(14,15)6-2-3-6/h4-6H,2-3H2,1H3. The maximum absolute atomic E-state index is 13.7. The van der Waals surface area contributed by atoms with E-state index in [4.69, 9.17) is 4.74 Å². The Labute approximate surface area is 99.7 Å². The molecule has 0 aromatic heterocycles. The van der Waals surface area contributed by atoms with E-state index < -0.39 is 17.7 Å². The van der Waals surface area contributed by atoms with Gasteiger partial charge in [0, 0.05) is 11.5 Å². The van der Waals surface area contributed by atoms with Gasteiger partial charge < -0.3 is 4.74 Å². The molecule has 0 heterocycles. The molecule has 0 unspecified atom stereocenters. The van der Waals surface area contributed by atoms with Gasteiger partial charge in [-0.1, -0.05) is 0 Å². The van der Waals surface area contributed by atoms with Crippen LogP contribution in [-0.2, 0) is 5.92 Å². The minimum atomic E-state index is -2.95. The largest absolute Gasteiger partial charge is 0.492 e. The van der Waals surface area contributed by atoms with Gasteiger partial charge in [0.2, 0.25) is 0 Å². The number of alkyl halides is 2. The Morgan fingerprint density at radius 1 is 1.38 bits per heavy atom. The highest BCUT2D eigenvalue weighted by atomic mass is 79.9. The zero-order chi connectivity index (χ0) is 11.9. The maximum Gasteiger partial charge on any atom is 0.276 e. The van der Waals surface area contributed by atoms with E-state index >= 15 is 0 Å². The van der Waals surface area contributed by atoms with Crippen molar-refractivity contribution < 1.29 is 17.9 Å². The summed E-state index contributed by atoms with van der Waals surface area (Å²) in [5.74, 6) is -4.41. The molecule has 1 aromatic rings. The van der Waals surface area contributed by atoms with Crippen LogP contribution >= 0.6 is 15.9 Å². The monoisotopic (exact) mass is 294 g/mol. The fraction of sp³-hybridized carbons (Fsp3) is 0.455. The molecule has 0 atom stereocenters. The van der Waals surface area contributed by atoms with Crippen LogP contribution in [0.5, 0.6) is 5.75 Å². The Balaban J connectivity index is 2.43. The molecule has 16 heavy (non-hydrogen) atoms. The lowest BCUT2D eigenvalue weighted by Crippen LogP contribution is -2.16. The fourth-order valence-corrected chi connectivity index (χ4v) is 2.23. The van der Waals surface area contributed by atoms with Crippen molar-refractivity contribution in [3.05, 3.63) is 28.0 Å². The van der Waals surface area contributed by atoms with Crippen LogP contribution in [0.4, 0.5) is 13.2 Å². The third kappa shape index (κ3) is 1.93. The third-order valence-corrected chi connectivity index (χ3v) is 3.27. The number of methoxy groups -OCH3 is 1. The maximum atomic E-state index is 13.7. The average molecular weight is 295 g/mol. The summed E-state index contributed by atoms with van der Waals surface area (Å²) in [5, 5.41) is 0. The molecule has 0 spiro atoms. The second-order valence-corrected chi connectivity index (χ2v) is 4.72. The van der Waals surface area contributed by atoms with Crippen molar-refractivity contribution in [1.82, 2.24) is 0 Å². The average Bonchev–Trinajstić information content (AvgIpc) is 3.00. The Hall–Kier alpha value is -0.710. The predicted molar refractivity (Wildman–Crippen MR) is 57.3 cm³/mol. The summed E-state index contributed by atoms with van der Waals surface area (Å²) in [7, 11) is 1.29. The minimum absolute atomic E-state index is 0.0460. The Morgan fingerprint density at radius 2 is 2.00 bits per heavy atom. The van der Waals surface area contributed by atoms with Crippen LogP contribution in [0.2, 0.25) is 0 Å². The van der Waals surface area contributed by atoms with Gasteiger partial charge >= 0.3 is 0 Å². The number of rotatable bonds is 3. The summed E-state index contributed by atoms with van der Waals surface area (Å²) < 4.78 is 45.8. The molecule has 0 bridgehead atoms. The molecule has 1 fully saturated rings. The highest BCUT2D eigenvalue weighted by molar-refractivity contribution is 9.10. The second kappa shape index (κ2) is 3.95. The molecule has 2 rings (SSSR count). The van der Waals surface area contributed by atoms with Crippen molar-refractivity contribution in [3.8, 4) is 5.75 Å². The topological polar surface area (TPSA) is 9.23 Å². The molecule has 1 aliphatic carbocycles. The molecule has 1 aromatic carbocycles. The van der Waals surface area contributed by atoms with E-state index in [-0.39, 0.29) is 15.8 Å². The SMILES string of the molecule is COc1c(F)cc(C(F)(F)C2CC2)cc1Br. The Morgan fingerprint density at radius 3 is 2.44 bits per heavy atom. The van der Waals surface area contributed by atoms with Gasteiger partial charge in [0.1, 0.15) is 0 Å². The molecule has 1 saturated carbocycles. The van der Waals surface area contributed by atoms with Gasteiger partial charge in [0.05, 0.1) is 11.6 Å². The smallest absolute Gasteiger partial charge is 0.276 e. The first-order valence-corrected chi connectivity index (χ1v) is 5.67. The van der Waals surface area contributed by atoms with Gasteiger partial charge in [-0.25, -0.2) is 13.2 Å².